The van der Waals surface area contributed by atoms with Crippen molar-refractivity contribution in [2.75, 3.05) is 0 Å². The van der Waals surface area contributed by atoms with E-state index in [0.29, 0.717) is 12.6 Å². The smallest absolute Gasteiger partial charge is 0.164 e. The van der Waals surface area contributed by atoms with E-state index in [4.69, 9.17) is 5.73 Å². The van der Waals surface area contributed by atoms with Crippen LogP contribution in [0.5, 0.6) is 0 Å². The standard InChI is InChI=1S/C13H18N4/c1-9(2)17-12(8-14)15-16-13(17)11-7-5-4-6-10(11)3/h4-7,9H,8,14H2,1-3H3. The van der Waals surface area contributed by atoms with E-state index in [2.05, 4.69) is 47.7 Å². The Morgan fingerprint density at radius 1 is 1.24 bits per heavy atom. The van der Waals surface area contributed by atoms with Gasteiger partial charge in [0.2, 0.25) is 0 Å². The Morgan fingerprint density at radius 3 is 2.53 bits per heavy atom. The number of aromatic nitrogens is 3. The Hall–Kier alpha value is -1.68. The third-order valence-electron chi connectivity index (χ3n) is 2.85. The minimum Gasteiger partial charge on any atom is -0.324 e. The summed E-state index contributed by atoms with van der Waals surface area (Å²) in [4.78, 5) is 0. The van der Waals surface area contributed by atoms with Crippen LogP contribution < -0.4 is 5.73 Å². The summed E-state index contributed by atoms with van der Waals surface area (Å²) in [5, 5.41) is 8.43. The van der Waals surface area contributed by atoms with Crippen molar-refractivity contribution in [2.24, 2.45) is 5.73 Å². The van der Waals surface area contributed by atoms with E-state index in [9.17, 15) is 0 Å². The quantitative estimate of drug-likeness (QED) is 0.880. The van der Waals surface area contributed by atoms with Crippen molar-refractivity contribution in [3.8, 4) is 11.4 Å². The molecule has 0 spiro atoms. The molecule has 0 aliphatic heterocycles. The molecule has 4 heteroatoms. The van der Waals surface area contributed by atoms with Crippen LogP contribution in [0.3, 0.4) is 0 Å². The summed E-state index contributed by atoms with van der Waals surface area (Å²) >= 11 is 0. The molecule has 2 N–H and O–H groups in total. The van der Waals surface area contributed by atoms with Gasteiger partial charge in [0.05, 0.1) is 6.54 Å². The number of hydrogen-bond donors (Lipinski definition) is 1. The Kier molecular flexibility index (Phi) is 3.24. The lowest BCUT2D eigenvalue weighted by Crippen LogP contribution is -2.11. The molecule has 1 aromatic heterocycles. The third kappa shape index (κ3) is 2.08. The van der Waals surface area contributed by atoms with Crippen LogP contribution in [-0.2, 0) is 6.54 Å². The van der Waals surface area contributed by atoms with Gasteiger partial charge in [-0.25, -0.2) is 0 Å². The fourth-order valence-corrected chi connectivity index (χ4v) is 2.01. The first kappa shape index (κ1) is 11.8. The van der Waals surface area contributed by atoms with E-state index in [1.807, 2.05) is 12.1 Å². The lowest BCUT2D eigenvalue weighted by atomic mass is 10.1. The van der Waals surface area contributed by atoms with Gasteiger partial charge in [0, 0.05) is 11.6 Å². The monoisotopic (exact) mass is 230 g/mol. The average Bonchev–Trinajstić information content (AvgIpc) is 2.73. The molecule has 0 amide bonds. The van der Waals surface area contributed by atoms with Crippen LogP contribution in [0, 0.1) is 6.92 Å². The van der Waals surface area contributed by atoms with Crippen molar-refractivity contribution in [1.82, 2.24) is 14.8 Å². The zero-order chi connectivity index (χ0) is 12.4. The Bertz CT molecular complexity index is 514. The second kappa shape index (κ2) is 4.67. The van der Waals surface area contributed by atoms with Crippen LogP contribution in [0.15, 0.2) is 24.3 Å². The van der Waals surface area contributed by atoms with Crippen LogP contribution in [0.4, 0.5) is 0 Å². The van der Waals surface area contributed by atoms with Gasteiger partial charge in [0.1, 0.15) is 5.82 Å². The Morgan fingerprint density at radius 2 is 1.94 bits per heavy atom. The molecule has 4 nitrogen and oxygen atoms in total. The Balaban J connectivity index is 2.60. The van der Waals surface area contributed by atoms with Gasteiger partial charge in [-0.1, -0.05) is 24.3 Å². The molecular weight excluding hydrogens is 212 g/mol. The van der Waals surface area contributed by atoms with Crippen molar-refractivity contribution in [1.29, 1.82) is 0 Å². The summed E-state index contributed by atoms with van der Waals surface area (Å²) in [5.74, 6) is 1.73. The molecule has 0 unspecified atom stereocenters. The fourth-order valence-electron chi connectivity index (χ4n) is 2.01. The number of nitrogens with two attached hydrogens (primary N) is 1. The van der Waals surface area contributed by atoms with Crippen molar-refractivity contribution in [2.45, 2.75) is 33.4 Å². The van der Waals surface area contributed by atoms with E-state index in [1.165, 1.54) is 5.56 Å². The van der Waals surface area contributed by atoms with Gasteiger partial charge in [-0.3, -0.25) is 0 Å². The minimum absolute atomic E-state index is 0.304. The maximum absolute atomic E-state index is 5.69. The van der Waals surface area contributed by atoms with E-state index < -0.39 is 0 Å². The maximum atomic E-state index is 5.69. The number of aryl methyl sites for hydroxylation is 1. The molecule has 2 rings (SSSR count). The largest absolute Gasteiger partial charge is 0.324 e. The molecule has 0 aliphatic carbocycles. The SMILES string of the molecule is Cc1ccccc1-c1nnc(CN)n1C(C)C. The van der Waals surface area contributed by atoms with E-state index in [-0.39, 0.29) is 0 Å². The predicted molar refractivity (Wildman–Crippen MR) is 68.5 cm³/mol. The van der Waals surface area contributed by atoms with Gasteiger partial charge in [0.15, 0.2) is 5.82 Å². The summed E-state index contributed by atoms with van der Waals surface area (Å²) in [6, 6.07) is 8.50. The molecule has 17 heavy (non-hydrogen) atoms. The molecule has 0 saturated heterocycles. The Labute approximate surface area is 101 Å². The van der Waals surface area contributed by atoms with Gasteiger partial charge in [-0.15, -0.1) is 10.2 Å². The fraction of sp³-hybridized carbons (Fsp3) is 0.385. The summed E-state index contributed by atoms with van der Waals surface area (Å²) in [6.07, 6.45) is 0. The van der Waals surface area contributed by atoms with Gasteiger partial charge in [-0.2, -0.15) is 0 Å². The van der Waals surface area contributed by atoms with E-state index in [1.54, 1.807) is 0 Å². The second-order valence-corrected chi connectivity index (χ2v) is 4.42. The van der Waals surface area contributed by atoms with Crippen LogP contribution in [0.25, 0.3) is 11.4 Å². The molecule has 90 valence electrons. The lowest BCUT2D eigenvalue weighted by Gasteiger charge is -2.14. The van der Waals surface area contributed by atoms with Crippen LogP contribution in [0.2, 0.25) is 0 Å². The van der Waals surface area contributed by atoms with Crippen molar-refractivity contribution < 1.29 is 0 Å². The lowest BCUT2D eigenvalue weighted by molar-refractivity contribution is 0.574. The maximum Gasteiger partial charge on any atom is 0.164 e. The molecule has 0 aliphatic rings. The number of benzene rings is 1. The van der Waals surface area contributed by atoms with E-state index in [0.717, 1.165) is 17.2 Å². The van der Waals surface area contributed by atoms with Crippen molar-refractivity contribution >= 4 is 0 Å². The molecule has 0 bridgehead atoms. The zero-order valence-corrected chi connectivity index (χ0v) is 10.5. The minimum atomic E-state index is 0.304. The van der Waals surface area contributed by atoms with Crippen LogP contribution >= 0.6 is 0 Å². The average molecular weight is 230 g/mol. The number of rotatable bonds is 3. The topological polar surface area (TPSA) is 56.7 Å². The van der Waals surface area contributed by atoms with Gasteiger partial charge in [0.25, 0.3) is 0 Å². The zero-order valence-electron chi connectivity index (χ0n) is 10.5. The first-order valence-electron chi connectivity index (χ1n) is 5.85. The van der Waals surface area contributed by atoms with Crippen molar-refractivity contribution in [3.05, 3.63) is 35.7 Å². The molecule has 2 aromatic rings. The van der Waals surface area contributed by atoms with Crippen molar-refractivity contribution in [3.63, 3.8) is 0 Å². The first-order valence-corrected chi connectivity index (χ1v) is 5.85. The highest BCUT2D eigenvalue weighted by atomic mass is 15.3. The summed E-state index contributed by atoms with van der Waals surface area (Å²) in [6.45, 7) is 6.72. The van der Waals surface area contributed by atoms with Gasteiger partial charge < -0.3 is 10.3 Å². The highest BCUT2D eigenvalue weighted by molar-refractivity contribution is 5.60. The summed E-state index contributed by atoms with van der Waals surface area (Å²) in [5.41, 5.74) is 8.01. The highest BCUT2D eigenvalue weighted by Crippen LogP contribution is 2.24. The summed E-state index contributed by atoms with van der Waals surface area (Å²) < 4.78 is 2.10. The highest BCUT2D eigenvalue weighted by Gasteiger charge is 2.16. The molecule has 1 aromatic carbocycles. The molecule has 0 atom stereocenters. The van der Waals surface area contributed by atoms with Gasteiger partial charge >= 0.3 is 0 Å². The first-order chi connectivity index (χ1) is 8.15. The molecule has 1 heterocycles. The molecule has 0 fully saturated rings. The third-order valence-corrected chi connectivity index (χ3v) is 2.85. The predicted octanol–water partition coefficient (Wildman–Crippen LogP) is 2.29. The molecule has 0 saturated carbocycles. The van der Waals surface area contributed by atoms with E-state index >= 15 is 0 Å². The number of hydrogen-bond acceptors (Lipinski definition) is 3. The molecule has 0 radical (unpaired) electrons. The summed E-state index contributed by atoms with van der Waals surface area (Å²) in [7, 11) is 0. The van der Waals surface area contributed by atoms with Crippen LogP contribution in [-0.4, -0.2) is 14.8 Å². The second-order valence-electron chi connectivity index (χ2n) is 4.42. The molecular formula is C13H18N4. The van der Waals surface area contributed by atoms with Crippen LogP contribution in [0.1, 0.15) is 31.3 Å². The normalized spacial score (nSPS) is 11.1. The van der Waals surface area contributed by atoms with Gasteiger partial charge in [-0.05, 0) is 26.3 Å². The number of nitrogens with zero attached hydrogens (tertiary/aromatic N) is 3.